The number of halogens is 4. The number of carbonyl (C=O) groups is 1. The fraction of sp³-hybridized carbons (Fsp3) is 0.556. The second kappa shape index (κ2) is 10.2. The Hall–Kier alpha value is -1.72. The number of carbonyl (C=O) groups excluding carboxylic acids is 1. The first kappa shape index (κ1) is 24.3. The fourth-order valence-corrected chi connectivity index (χ4v) is 3.21. The van der Waals surface area contributed by atoms with Gasteiger partial charge >= 0.3 is 12.1 Å². The van der Waals surface area contributed by atoms with Gasteiger partial charge in [0.15, 0.2) is 5.96 Å². The zero-order chi connectivity index (χ0) is 20.2. The number of hydrogen-bond acceptors (Lipinski definition) is 4. The molecule has 0 radical (unpaired) electrons. The maximum absolute atomic E-state index is 13.3. The summed E-state index contributed by atoms with van der Waals surface area (Å²) in [5, 5.41) is 2.96. The van der Waals surface area contributed by atoms with Crippen molar-refractivity contribution in [2.45, 2.75) is 19.6 Å². The van der Waals surface area contributed by atoms with Crippen LogP contribution in [0.15, 0.2) is 23.2 Å². The van der Waals surface area contributed by atoms with Gasteiger partial charge in [-0.05, 0) is 23.6 Å². The molecule has 2 unspecified atom stereocenters. The van der Waals surface area contributed by atoms with Gasteiger partial charge in [0.2, 0.25) is 0 Å². The van der Waals surface area contributed by atoms with E-state index >= 15 is 0 Å². The van der Waals surface area contributed by atoms with Gasteiger partial charge in [-0.25, -0.2) is 0 Å². The molecule has 0 aliphatic carbocycles. The van der Waals surface area contributed by atoms with Crippen LogP contribution in [0.25, 0.3) is 0 Å². The second-order valence-corrected chi connectivity index (χ2v) is 6.43. The van der Waals surface area contributed by atoms with Crippen LogP contribution in [-0.4, -0.2) is 51.2 Å². The van der Waals surface area contributed by atoms with Crippen molar-refractivity contribution >= 4 is 35.9 Å². The molecule has 2 rings (SSSR count). The van der Waals surface area contributed by atoms with E-state index in [1.54, 1.807) is 7.05 Å². The summed E-state index contributed by atoms with van der Waals surface area (Å²) < 4.78 is 49.7. The molecule has 1 aliphatic heterocycles. The minimum absolute atomic E-state index is 0. The summed E-state index contributed by atoms with van der Waals surface area (Å²) in [4.78, 5) is 17.8. The summed E-state index contributed by atoms with van der Waals surface area (Å²) in [6.45, 7) is 2.84. The average molecular weight is 515 g/mol. The molecule has 10 heteroatoms. The highest BCUT2D eigenvalue weighted by molar-refractivity contribution is 14.0. The van der Waals surface area contributed by atoms with Crippen LogP contribution in [0.5, 0.6) is 5.75 Å². The third-order valence-electron chi connectivity index (χ3n) is 4.69. The number of methoxy groups -OCH3 is 2. The van der Waals surface area contributed by atoms with Crippen molar-refractivity contribution in [2.24, 2.45) is 16.8 Å². The molecular formula is C18H25F3IN3O3. The number of benzene rings is 1. The molecule has 1 aromatic carbocycles. The Kier molecular flexibility index (Phi) is 8.83. The molecule has 28 heavy (non-hydrogen) atoms. The Labute approximate surface area is 179 Å². The lowest BCUT2D eigenvalue weighted by molar-refractivity contribution is -0.146. The van der Waals surface area contributed by atoms with Gasteiger partial charge in [0, 0.05) is 26.7 Å². The third-order valence-corrected chi connectivity index (χ3v) is 4.69. The van der Waals surface area contributed by atoms with Gasteiger partial charge in [-0.3, -0.25) is 9.79 Å². The minimum Gasteiger partial charge on any atom is -0.497 e. The third kappa shape index (κ3) is 5.65. The quantitative estimate of drug-likeness (QED) is 0.289. The zero-order valence-corrected chi connectivity index (χ0v) is 18.5. The van der Waals surface area contributed by atoms with Gasteiger partial charge in [0.1, 0.15) is 5.75 Å². The number of rotatable bonds is 4. The molecule has 0 spiro atoms. The smallest absolute Gasteiger partial charge is 0.416 e. The Morgan fingerprint density at radius 1 is 1.32 bits per heavy atom. The number of likely N-dealkylation sites (tertiary alicyclic amines) is 1. The normalized spacial score (nSPS) is 19.8. The lowest BCUT2D eigenvalue weighted by Gasteiger charge is -2.22. The number of nitrogens with one attached hydrogen (secondary N) is 1. The molecule has 0 saturated carbocycles. The maximum atomic E-state index is 13.3. The standard InChI is InChI=1S/C18H24F3N3O3.HI/c1-11-9-24(10-14(11)16(25)27-4)17(22-2)23-8-12-5-6-13(26-3)7-15(12)18(19,20)21;/h5-7,11,14H,8-10H2,1-4H3,(H,22,23);1H. The van der Waals surface area contributed by atoms with E-state index < -0.39 is 11.7 Å². The van der Waals surface area contributed by atoms with Gasteiger partial charge in [0.25, 0.3) is 0 Å². The van der Waals surface area contributed by atoms with Crippen molar-refractivity contribution in [3.8, 4) is 5.75 Å². The topological polar surface area (TPSA) is 63.2 Å². The molecule has 1 saturated heterocycles. The summed E-state index contributed by atoms with van der Waals surface area (Å²) in [7, 11) is 4.21. The molecule has 1 heterocycles. The summed E-state index contributed by atoms with van der Waals surface area (Å²) in [5.74, 6) is 0.0555. The fourth-order valence-electron chi connectivity index (χ4n) is 3.21. The maximum Gasteiger partial charge on any atom is 0.416 e. The summed E-state index contributed by atoms with van der Waals surface area (Å²) in [6.07, 6.45) is -4.49. The van der Waals surface area contributed by atoms with Crippen LogP contribution in [0.4, 0.5) is 13.2 Å². The van der Waals surface area contributed by atoms with Crippen LogP contribution < -0.4 is 10.1 Å². The number of aliphatic imine (C=N–C) groups is 1. The van der Waals surface area contributed by atoms with Gasteiger partial charge in [-0.15, -0.1) is 24.0 Å². The predicted octanol–water partition coefficient (Wildman–Crippen LogP) is 3.15. The molecular weight excluding hydrogens is 490 g/mol. The van der Waals surface area contributed by atoms with Crippen molar-refractivity contribution in [3.63, 3.8) is 0 Å². The van der Waals surface area contributed by atoms with Crippen LogP contribution >= 0.6 is 24.0 Å². The molecule has 0 bridgehead atoms. The highest BCUT2D eigenvalue weighted by Crippen LogP contribution is 2.34. The minimum atomic E-state index is -4.49. The molecule has 0 amide bonds. The first-order chi connectivity index (χ1) is 12.7. The molecule has 6 nitrogen and oxygen atoms in total. The van der Waals surface area contributed by atoms with E-state index in [-0.39, 0.29) is 59.6 Å². The van der Waals surface area contributed by atoms with Crippen molar-refractivity contribution in [2.75, 3.05) is 34.4 Å². The number of alkyl halides is 3. The lowest BCUT2D eigenvalue weighted by atomic mass is 9.99. The molecule has 0 aromatic heterocycles. The van der Waals surface area contributed by atoms with Gasteiger partial charge in [0.05, 0.1) is 25.7 Å². The molecule has 1 N–H and O–H groups in total. The Balaban J connectivity index is 0.00000392. The Bertz CT molecular complexity index is 713. The number of hydrogen-bond donors (Lipinski definition) is 1. The van der Waals surface area contributed by atoms with E-state index in [0.717, 1.165) is 6.07 Å². The zero-order valence-electron chi connectivity index (χ0n) is 16.2. The molecule has 2 atom stereocenters. The van der Waals surface area contributed by atoms with E-state index in [0.29, 0.717) is 19.0 Å². The van der Waals surface area contributed by atoms with Crippen LogP contribution in [0, 0.1) is 11.8 Å². The van der Waals surface area contributed by atoms with Crippen molar-refractivity contribution in [1.29, 1.82) is 0 Å². The van der Waals surface area contributed by atoms with Crippen LogP contribution in [0.2, 0.25) is 0 Å². The number of ether oxygens (including phenoxy) is 2. The molecule has 158 valence electrons. The molecule has 1 aromatic rings. The van der Waals surface area contributed by atoms with Crippen molar-refractivity contribution in [1.82, 2.24) is 10.2 Å². The van der Waals surface area contributed by atoms with Gasteiger partial charge < -0.3 is 19.7 Å². The molecule has 1 aliphatic rings. The first-order valence-corrected chi connectivity index (χ1v) is 8.48. The van der Waals surface area contributed by atoms with Crippen LogP contribution in [-0.2, 0) is 22.3 Å². The second-order valence-electron chi connectivity index (χ2n) is 6.43. The summed E-state index contributed by atoms with van der Waals surface area (Å²) >= 11 is 0. The summed E-state index contributed by atoms with van der Waals surface area (Å²) in [6, 6.07) is 3.84. The molecule has 1 fully saturated rings. The largest absolute Gasteiger partial charge is 0.497 e. The first-order valence-electron chi connectivity index (χ1n) is 8.48. The van der Waals surface area contributed by atoms with E-state index in [2.05, 4.69) is 10.3 Å². The van der Waals surface area contributed by atoms with E-state index in [1.807, 2.05) is 11.8 Å². The van der Waals surface area contributed by atoms with Crippen LogP contribution in [0.1, 0.15) is 18.1 Å². The monoisotopic (exact) mass is 515 g/mol. The van der Waals surface area contributed by atoms with E-state index in [4.69, 9.17) is 9.47 Å². The SMILES string of the molecule is CN=C(NCc1ccc(OC)cc1C(F)(F)F)N1CC(C)C(C(=O)OC)C1.I. The highest BCUT2D eigenvalue weighted by Gasteiger charge is 2.37. The van der Waals surface area contributed by atoms with Gasteiger partial charge in [-0.2, -0.15) is 13.2 Å². The van der Waals surface area contributed by atoms with Crippen molar-refractivity contribution in [3.05, 3.63) is 29.3 Å². The predicted molar refractivity (Wildman–Crippen MR) is 110 cm³/mol. The summed E-state index contributed by atoms with van der Waals surface area (Å²) in [5.41, 5.74) is -0.673. The Morgan fingerprint density at radius 2 is 2.00 bits per heavy atom. The van der Waals surface area contributed by atoms with Crippen molar-refractivity contribution < 1.29 is 27.4 Å². The Morgan fingerprint density at radius 3 is 2.54 bits per heavy atom. The van der Waals surface area contributed by atoms with Gasteiger partial charge in [-0.1, -0.05) is 13.0 Å². The van der Waals surface area contributed by atoms with E-state index in [9.17, 15) is 18.0 Å². The number of esters is 1. The number of guanidine groups is 1. The highest BCUT2D eigenvalue weighted by atomic mass is 127. The average Bonchev–Trinajstić information content (AvgIpc) is 3.02. The van der Waals surface area contributed by atoms with E-state index in [1.165, 1.54) is 26.4 Å². The number of nitrogens with zero attached hydrogens (tertiary/aromatic N) is 2. The lowest BCUT2D eigenvalue weighted by Crippen LogP contribution is -2.40. The van der Waals surface area contributed by atoms with Crippen LogP contribution in [0.3, 0.4) is 0 Å².